The molecule has 0 bridgehead atoms. The molecule has 1 N–H and O–H groups in total. The Morgan fingerprint density at radius 3 is 2.95 bits per heavy atom. The Morgan fingerprint density at radius 2 is 2.32 bits per heavy atom. The van der Waals surface area contributed by atoms with Gasteiger partial charge in [-0.05, 0) is 44.0 Å². The van der Waals surface area contributed by atoms with Gasteiger partial charge < -0.3 is 15.0 Å². The summed E-state index contributed by atoms with van der Waals surface area (Å²) in [5.41, 5.74) is 1.96. The third-order valence-corrected chi connectivity index (χ3v) is 3.65. The van der Waals surface area contributed by atoms with Crippen LogP contribution in [0.25, 0.3) is 0 Å². The molecule has 1 fully saturated rings. The number of carbonyl (C=O) groups is 1. The fourth-order valence-corrected chi connectivity index (χ4v) is 2.48. The number of nitrogens with zero attached hydrogens (tertiary/aromatic N) is 1. The number of carbonyl (C=O) groups excluding carboxylic acids is 1. The Kier molecular flexibility index (Phi) is 4.43. The van der Waals surface area contributed by atoms with Crippen LogP contribution in [0.1, 0.15) is 24.8 Å². The van der Waals surface area contributed by atoms with Crippen LogP contribution in [0.5, 0.6) is 5.75 Å². The molecule has 4 nitrogen and oxygen atoms in total. The molecule has 1 amide bonds. The van der Waals surface area contributed by atoms with Crippen molar-refractivity contribution in [2.75, 3.05) is 25.6 Å². The molecule has 4 heteroatoms. The van der Waals surface area contributed by atoms with Crippen LogP contribution in [-0.2, 0) is 4.79 Å². The van der Waals surface area contributed by atoms with Crippen molar-refractivity contribution >= 4 is 11.6 Å². The summed E-state index contributed by atoms with van der Waals surface area (Å²) in [6.45, 7) is 3.04. The number of ether oxygens (including phenoxy) is 1. The zero-order valence-corrected chi connectivity index (χ0v) is 11.9. The maximum atomic E-state index is 12.3. The standard InChI is InChI=1S/C15H22N2O2/c1-11-6-7-14(19-3)13(9-11)17(2)15(18)10-12-5-4-8-16-12/h6-7,9,12,16H,4-5,8,10H2,1-3H3. The second-order valence-corrected chi connectivity index (χ2v) is 5.13. The SMILES string of the molecule is COc1ccc(C)cc1N(C)C(=O)CC1CCCN1. The van der Waals surface area contributed by atoms with Gasteiger partial charge in [-0.1, -0.05) is 6.07 Å². The van der Waals surface area contributed by atoms with Gasteiger partial charge in [0.05, 0.1) is 12.8 Å². The first-order valence-corrected chi connectivity index (χ1v) is 6.76. The summed E-state index contributed by atoms with van der Waals surface area (Å²) in [4.78, 5) is 14.0. The van der Waals surface area contributed by atoms with Crippen LogP contribution in [0, 0.1) is 6.92 Å². The van der Waals surface area contributed by atoms with Crippen molar-refractivity contribution in [2.45, 2.75) is 32.2 Å². The third kappa shape index (κ3) is 3.26. The summed E-state index contributed by atoms with van der Waals surface area (Å²) in [6.07, 6.45) is 2.80. The summed E-state index contributed by atoms with van der Waals surface area (Å²) in [5, 5.41) is 3.36. The minimum absolute atomic E-state index is 0.128. The van der Waals surface area contributed by atoms with Gasteiger partial charge in [0, 0.05) is 19.5 Å². The number of benzene rings is 1. The number of nitrogens with one attached hydrogen (secondary N) is 1. The van der Waals surface area contributed by atoms with Gasteiger partial charge in [0.15, 0.2) is 0 Å². The Balaban J connectivity index is 2.11. The van der Waals surface area contributed by atoms with Crippen molar-refractivity contribution in [3.05, 3.63) is 23.8 Å². The lowest BCUT2D eigenvalue weighted by atomic mass is 10.1. The second kappa shape index (κ2) is 6.06. The first-order valence-electron chi connectivity index (χ1n) is 6.76. The lowest BCUT2D eigenvalue weighted by Crippen LogP contribution is -2.33. The predicted molar refractivity (Wildman–Crippen MR) is 76.8 cm³/mol. The zero-order chi connectivity index (χ0) is 13.8. The molecule has 1 atom stereocenters. The molecule has 104 valence electrons. The van der Waals surface area contributed by atoms with Gasteiger partial charge in [0.1, 0.15) is 5.75 Å². The fraction of sp³-hybridized carbons (Fsp3) is 0.533. The van der Waals surface area contributed by atoms with Crippen LogP contribution >= 0.6 is 0 Å². The van der Waals surface area contributed by atoms with E-state index < -0.39 is 0 Å². The van der Waals surface area contributed by atoms with Crippen molar-refractivity contribution in [1.82, 2.24) is 5.32 Å². The van der Waals surface area contributed by atoms with Crippen LogP contribution in [0.3, 0.4) is 0 Å². The quantitative estimate of drug-likeness (QED) is 0.903. The monoisotopic (exact) mass is 262 g/mol. The maximum Gasteiger partial charge on any atom is 0.228 e. The summed E-state index contributed by atoms with van der Waals surface area (Å²) in [7, 11) is 3.44. The molecule has 1 unspecified atom stereocenters. The number of methoxy groups -OCH3 is 1. The average Bonchev–Trinajstić information content (AvgIpc) is 2.90. The molecule has 1 heterocycles. The molecule has 1 aromatic carbocycles. The highest BCUT2D eigenvalue weighted by Gasteiger charge is 2.22. The molecule has 0 spiro atoms. The van der Waals surface area contributed by atoms with E-state index in [0.29, 0.717) is 12.5 Å². The molecular weight excluding hydrogens is 240 g/mol. The maximum absolute atomic E-state index is 12.3. The van der Waals surface area contributed by atoms with Crippen molar-refractivity contribution in [1.29, 1.82) is 0 Å². The van der Waals surface area contributed by atoms with Crippen molar-refractivity contribution < 1.29 is 9.53 Å². The zero-order valence-electron chi connectivity index (χ0n) is 11.9. The van der Waals surface area contributed by atoms with Gasteiger partial charge in [-0.3, -0.25) is 4.79 Å². The van der Waals surface area contributed by atoms with Gasteiger partial charge in [-0.2, -0.15) is 0 Å². The summed E-state index contributed by atoms with van der Waals surface area (Å²) >= 11 is 0. The van der Waals surface area contributed by atoms with Crippen LogP contribution in [-0.4, -0.2) is 32.7 Å². The predicted octanol–water partition coefficient (Wildman–Crippen LogP) is 2.11. The van der Waals surface area contributed by atoms with E-state index in [4.69, 9.17) is 4.74 Å². The lowest BCUT2D eigenvalue weighted by molar-refractivity contribution is -0.118. The van der Waals surface area contributed by atoms with Gasteiger partial charge >= 0.3 is 0 Å². The number of amides is 1. The largest absolute Gasteiger partial charge is 0.495 e. The molecule has 0 radical (unpaired) electrons. The van der Waals surface area contributed by atoms with Crippen molar-refractivity contribution in [3.8, 4) is 5.75 Å². The van der Waals surface area contributed by atoms with Crippen molar-refractivity contribution in [3.63, 3.8) is 0 Å². The van der Waals surface area contributed by atoms with E-state index in [0.717, 1.165) is 36.4 Å². The van der Waals surface area contributed by atoms with Crippen LogP contribution < -0.4 is 15.0 Å². The summed E-state index contributed by atoms with van der Waals surface area (Å²) in [6, 6.07) is 6.20. The molecule has 0 saturated carbocycles. The van der Waals surface area contributed by atoms with Gasteiger partial charge in [-0.25, -0.2) is 0 Å². The Morgan fingerprint density at radius 1 is 1.53 bits per heavy atom. The van der Waals surface area contributed by atoms with E-state index in [1.54, 1.807) is 12.0 Å². The lowest BCUT2D eigenvalue weighted by Gasteiger charge is -2.22. The Bertz CT molecular complexity index is 453. The fourth-order valence-electron chi connectivity index (χ4n) is 2.48. The van der Waals surface area contributed by atoms with E-state index in [2.05, 4.69) is 5.32 Å². The molecule has 0 aliphatic carbocycles. The van der Waals surface area contributed by atoms with E-state index in [1.807, 2.05) is 32.2 Å². The van der Waals surface area contributed by atoms with Gasteiger partial charge in [0.2, 0.25) is 5.91 Å². The first kappa shape index (κ1) is 13.9. The smallest absolute Gasteiger partial charge is 0.228 e. The molecule has 19 heavy (non-hydrogen) atoms. The highest BCUT2D eigenvalue weighted by Crippen LogP contribution is 2.29. The van der Waals surface area contributed by atoms with Crippen LogP contribution in [0.4, 0.5) is 5.69 Å². The molecule has 1 aromatic rings. The van der Waals surface area contributed by atoms with E-state index in [1.165, 1.54) is 0 Å². The number of hydrogen-bond donors (Lipinski definition) is 1. The molecule has 1 saturated heterocycles. The first-order chi connectivity index (χ1) is 9.11. The number of anilines is 1. The third-order valence-electron chi connectivity index (χ3n) is 3.65. The number of aryl methyl sites for hydroxylation is 1. The summed E-state index contributed by atoms with van der Waals surface area (Å²) < 4.78 is 5.33. The molecule has 1 aliphatic rings. The topological polar surface area (TPSA) is 41.6 Å². The van der Waals surface area contributed by atoms with Crippen LogP contribution in [0.15, 0.2) is 18.2 Å². The highest BCUT2D eigenvalue weighted by molar-refractivity contribution is 5.94. The molecule has 1 aliphatic heterocycles. The Labute approximate surface area is 114 Å². The minimum Gasteiger partial charge on any atom is -0.495 e. The molecular formula is C15H22N2O2. The number of rotatable bonds is 4. The minimum atomic E-state index is 0.128. The summed E-state index contributed by atoms with van der Waals surface area (Å²) in [5.74, 6) is 0.865. The van der Waals surface area contributed by atoms with Crippen LogP contribution in [0.2, 0.25) is 0 Å². The number of hydrogen-bond acceptors (Lipinski definition) is 3. The Hall–Kier alpha value is -1.55. The van der Waals surface area contributed by atoms with Gasteiger partial charge in [0.25, 0.3) is 0 Å². The van der Waals surface area contributed by atoms with E-state index >= 15 is 0 Å². The average molecular weight is 262 g/mol. The van der Waals surface area contributed by atoms with Gasteiger partial charge in [-0.15, -0.1) is 0 Å². The van der Waals surface area contributed by atoms with E-state index in [9.17, 15) is 4.79 Å². The molecule has 2 rings (SSSR count). The highest BCUT2D eigenvalue weighted by atomic mass is 16.5. The second-order valence-electron chi connectivity index (χ2n) is 5.13. The molecule has 0 aromatic heterocycles. The normalized spacial score (nSPS) is 18.4. The van der Waals surface area contributed by atoms with E-state index in [-0.39, 0.29) is 5.91 Å². The van der Waals surface area contributed by atoms with Crippen molar-refractivity contribution in [2.24, 2.45) is 0 Å².